The molecule has 0 aliphatic carbocycles. The van der Waals surface area contributed by atoms with E-state index in [2.05, 4.69) is 32.9 Å². The van der Waals surface area contributed by atoms with Crippen LogP contribution in [0.25, 0.3) is 0 Å². The summed E-state index contributed by atoms with van der Waals surface area (Å²) < 4.78 is 16.3. The van der Waals surface area contributed by atoms with Crippen molar-refractivity contribution in [2.75, 3.05) is 21.3 Å². The van der Waals surface area contributed by atoms with Crippen LogP contribution in [0.15, 0.2) is 29.4 Å². The average molecular weight is 332 g/mol. The van der Waals surface area contributed by atoms with Gasteiger partial charge >= 0.3 is 0 Å². The fourth-order valence-corrected chi connectivity index (χ4v) is 2.53. The molecule has 4 nitrogen and oxygen atoms in total. The van der Waals surface area contributed by atoms with Crippen LogP contribution in [0.1, 0.15) is 49.5 Å². The van der Waals surface area contributed by atoms with Gasteiger partial charge in [0.15, 0.2) is 17.8 Å². The van der Waals surface area contributed by atoms with E-state index < -0.39 is 0 Å². The zero-order valence-corrected chi connectivity index (χ0v) is 15.6. The predicted octanol–water partition coefficient (Wildman–Crippen LogP) is 4.76. The lowest BCUT2D eigenvalue weighted by Gasteiger charge is -2.17. The second-order valence-corrected chi connectivity index (χ2v) is 5.91. The summed E-state index contributed by atoms with van der Waals surface area (Å²) in [5.74, 6) is 1.62. The van der Waals surface area contributed by atoms with Gasteiger partial charge < -0.3 is 14.2 Å². The Bertz CT molecular complexity index is 623. The van der Waals surface area contributed by atoms with E-state index in [1.54, 1.807) is 20.3 Å². The molecule has 0 radical (unpaired) electrons. The van der Waals surface area contributed by atoms with Gasteiger partial charge in [0.25, 0.3) is 0 Å². The van der Waals surface area contributed by atoms with E-state index in [0.29, 0.717) is 29.2 Å². The Morgan fingerprint density at radius 3 is 2.17 bits per heavy atom. The van der Waals surface area contributed by atoms with Crippen LogP contribution < -0.4 is 14.2 Å². The van der Waals surface area contributed by atoms with Crippen LogP contribution in [0.4, 0.5) is 0 Å². The molecule has 4 heteroatoms. The first-order valence-electron chi connectivity index (χ1n) is 8.04. The third-order valence-corrected chi connectivity index (χ3v) is 3.83. The van der Waals surface area contributed by atoms with Gasteiger partial charge in [0, 0.05) is 5.56 Å². The molecular weight excluding hydrogens is 304 g/mol. The zero-order chi connectivity index (χ0) is 18.1. The van der Waals surface area contributed by atoms with Crippen molar-refractivity contribution in [1.29, 1.82) is 0 Å². The van der Waals surface area contributed by atoms with Gasteiger partial charge in [0.2, 0.25) is 0 Å². The lowest BCUT2D eigenvalue weighted by Crippen LogP contribution is -2.02. The first kappa shape index (κ1) is 19.8. The Kier molecular flexibility index (Phi) is 8.10. The molecule has 24 heavy (non-hydrogen) atoms. The second kappa shape index (κ2) is 9.81. The molecule has 1 aromatic carbocycles. The van der Waals surface area contributed by atoms with E-state index in [1.807, 2.05) is 0 Å². The maximum Gasteiger partial charge on any atom is 0.171 e. The van der Waals surface area contributed by atoms with Crippen molar-refractivity contribution in [3.05, 3.63) is 40.5 Å². The lowest BCUT2D eigenvalue weighted by atomic mass is 10.0. The van der Waals surface area contributed by atoms with E-state index in [0.717, 1.165) is 24.7 Å². The molecule has 0 fully saturated rings. The topological polar surface area (TPSA) is 44.8 Å². The van der Waals surface area contributed by atoms with Gasteiger partial charge in [0.1, 0.15) is 5.75 Å². The minimum absolute atomic E-state index is 0.416. The summed E-state index contributed by atoms with van der Waals surface area (Å²) in [6, 6.07) is 1.69. The SMILES string of the molecule is COc1cc(C=O)c(OC)c(OC)c1C/C=C(\C)CCC=C(C)C. The molecule has 0 aliphatic heterocycles. The molecule has 0 saturated carbocycles. The molecule has 0 aromatic heterocycles. The van der Waals surface area contributed by atoms with Gasteiger partial charge in [-0.2, -0.15) is 0 Å². The number of hydrogen-bond acceptors (Lipinski definition) is 4. The number of rotatable bonds is 9. The third kappa shape index (κ3) is 5.15. The van der Waals surface area contributed by atoms with Crippen molar-refractivity contribution in [2.45, 2.75) is 40.0 Å². The highest BCUT2D eigenvalue weighted by atomic mass is 16.5. The van der Waals surface area contributed by atoms with Crippen molar-refractivity contribution in [2.24, 2.45) is 0 Å². The van der Waals surface area contributed by atoms with Crippen LogP contribution in [0.5, 0.6) is 17.2 Å². The molecule has 0 aliphatic rings. The van der Waals surface area contributed by atoms with Gasteiger partial charge in [-0.25, -0.2) is 0 Å². The highest BCUT2D eigenvalue weighted by Crippen LogP contribution is 2.40. The quantitative estimate of drug-likeness (QED) is 0.483. The van der Waals surface area contributed by atoms with Crippen molar-refractivity contribution in [3.8, 4) is 17.2 Å². The normalized spacial score (nSPS) is 11.0. The smallest absolute Gasteiger partial charge is 0.171 e. The van der Waals surface area contributed by atoms with Gasteiger partial charge in [-0.1, -0.05) is 23.3 Å². The number of aldehydes is 1. The molecule has 0 bridgehead atoms. The molecule has 0 atom stereocenters. The predicted molar refractivity (Wildman–Crippen MR) is 97.6 cm³/mol. The van der Waals surface area contributed by atoms with Gasteiger partial charge in [-0.3, -0.25) is 4.79 Å². The number of carbonyl (C=O) groups is 1. The summed E-state index contributed by atoms with van der Waals surface area (Å²) in [4.78, 5) is 11.3. The van der Waals surface area contributed by atoms with Gasteiger partial charge in [-0.15, -0.1) is 0 Å². The fraction of sp³-hybridized carbons (Fsp3) is 0.450. The molecule has 0 N–H and O–H groups in total. The van der Waals surface area contributed by atoms with Crippen LogP contribution in [0.2, 0.25) is 0 Å². The van der Waals surface area contributed by atoms with E-state index >= 15 is 0 Å². The standard InChI is InChI=1S/C20H28O4/c1-14(2)8-7-9-15(3)10-11-17-18(22-4)12-16(13-21)19(23-5)20(17)24-6/h8,10,12-13H,7,9,11H2,1-6H3/b15-10+. The number of hydrogen-bond donors (Lipinski definition) is 0. The molecule has 0 spiro atoms. The Morgan fingerprint density at radius 1 is 1.00 bits per heavy atom. The monoisotopic (exact) mass is 332 g/mol. The number of allylic oxidation sites excluding steroid dienone is 4. The summed E-state index contributed by atoms with van der Waals surface area (Å²) in [6.07, 6.45) is 7.85. The van der Waals surface area contributed by atoms with Crippen molar-refractivity contribution < 1.29 is 19.0 Å². The molecular formula is C20H28O4. The molecule has 132 valence electrons. The summed E-state index contributed by atoms with van der Waals surface area (Å²) in [5.41, 5.74) is 3.93. The maximum atomic E-state index is 11.3. The van der Waals surface area contributed by atoms with Crippen LogP contribution in [-0.2, 0) is 6.42 Å². The summed E-state index contributed by atoms with van der Waals surface area (Å²) in [6.45, 7) is 6.33. The summed E-state index contributed by atoms with van der Waals surface area (Å²) in [5, 5.41) is 0. The summed E-state index contributed by atoms with van der Waals surface area (Å²) >= 11 is 0. The lowest BCUT2D eigenvalue weighted by molar-refractivity contribution is 0.111. The Balaban J connectivity index is 3.13. The van der Waals surface area contributed by atoms with E-state index in [4.69, 9.17) is 14.2 Å². The zero-order valence-electron chi connectivity index (χ0n) is 15.6. The van der Waals surface area contributed by atoms with Gasteiger partial charge in [-0.05, 0) is 46.1 Å². The van der Waals surface area contributed by atoms with E-state index in [9.17, 15) is 4.79 Å². The van der Waals surface area contributed by atoms with Crippen molar-refractivity contribution >= 4 is 6.29 Å². The molecule has 0 unspecified atom stereocenters. The number of ether oxygens (including phenoxy) is 3. The highest BCUT2D eigenvalue weighted by molar-refractivity contribution is 5.83. The number of benzene rings is 1. The van der Waals surface area contributed by atoms with Crippen LogP contribution >= 0.6 is 0 Å². The molecule has 0 saturated heterocycles. The van der Waals surface area contributed by atoms with Crippen LogP contribution in [0.3, 0.4) is 0 Å². The highest BCUT2D eigenvalue weighted by Gasteiger charge is 2.19. The second-order valence-electron chi connectivity index (χ2n) is 5.91. The molecule has 0 amide bonds. The first-order valence-corrected chi connectivity index (χ1v) is 8.04. The first-order chi connectivity index (χ1) is 11.5. The average Bonchev–Trinajstić information content (AvgIpc) is 2.57. The Hall–Kier alpha value is -2.23. The maximum absolute atomic E-state index is 11.3. The van der Waals surface area contributed by atoms with Crippen molar-refractivity contribution in [1.82, 2.24) is 0 Å². The Labute approximate surface area is 145 Å². The molecule has 1 aromatic rings. The molecule has 1 rings (SSSR count). The number of carbonyl (C=O) groups excluding carboxylic acids is 1. The fourth-order valence-electron chi connectivity index (χ4n) is 2.53. The minimum Gasteiger partial charge on any atom is -0.496 e. The van der Waals surface area contributed by atoms with Crippen LogP contribution in [-0.4, -0.2) is 27.6 Å². The molecule has 0 heterocycles. The Morgan fingerprint density at radius 2 is 1.67 bits per heavy atom. The number of methoxy groups -OCH3 is 3. The van der Waals surface area contributed by atoms with E-state index in [1.165, 1.54) is 18.3 Å². The largest absolute Gasteiger partial charge is 0.496 e. The minimum atomic E-state index is 0.416. The summed E-state index contributed by atoms with van der Waals surface area (Å²) in [7, 11) is 4.69. The van der Waals surface area contributed by atoms with Gasteiger partial charge in [0.05, 0.1) is 26.9 Å². The van der Waals surface area contributed by atoms with Crippen molar-refractivity contribution in [3.63, 3.8) is 0 Å². The van der Waals surface area contributed by atoms with Crippen LogP contribution in [0, 0.1) is 0 Å². The van der Waals surface area contributed by atoms with E-state index in [-0.39, 0.29) is 0 Å². The third-order valence-electron chi connectivity index (χ3n) is 3.83.